The van der Waals surface area contributed by atoms with Gasteiger partial charge in [-0.15, -0.1) is 0 Å². The molecule has 2 fully saturated rings. The minimum atomic E-state index is 0.0660. The van der Waals surface area contributed by atoms with Gasteiger partial charge in [0.2, 0.25) is 5.91 Å². The molecule has 0 spiro atoms. The average Bonchev–Trinajstić information content (AvgIpc) is 2.39. The van der Waals surface area contributed by atoms with E-state index in [2.05, 4.69) is 24.5 Å². The Kier molecular flexibility index (Phi) is 4.85. The molecule has 1 saturated carbocycles. The summed E-state index contributed by atoms with van der Waals surface area (Å²) in [7, 11) is 0. The van der Waals surface area contributed by atoms with Crippen LogP contribution in [-0.4, -0.2) is 37.7 Å². The molecule has 3 atom stereocenters. The fraction of sp³-hybridized carbons (Fsp3) is 0.933. The summed E-state index contributed by atoms with van der Waals surface area (Å²) in [6.45, 7) is 9.24. The van der Waals surface area contributed by atoms with Gasteiger partial charge in [-0.05, 0) is 45.2 Å². The van der Waals surface area contributed by atoms with Crippen LogP contribution >= 0.6 is 0 Å². The van der Waals surface area contributed by atoms with Crippen molar-refractivity contribution in [2.45, 2.75) is 58.6 Å². The molecule has 1 aliphatic heterocycles. The number of nitrogens with one attached hydrogen (secondary N) is 2. The van der Waals surface area contributed by atoms with Gasteiger partial charge in [-0.2, -0.15) is 0 Å². The van der Waals surface area contributed by atoms with Crippen LogP contribution in [0.15, 0.2) is 0 Å². The zero-order valence-corrected chi connectivity index (χ0v) is 12.5. The zero-order valence-electron chi connectivity index (χ0n) is 12.5. The van der Waals surface area contributed by atoms with Crippen LogP contribution in [0.4, 0.5) is 0 Å². The SMILES string of the molecule is CCOC1CC(NC(=O)CC2CCCNC2)C1(C)C. The second kappa shape index (κ2) is 6.23. The topological polar surface area (TPSA) is 50.4 Å². The lowest BCUT2D eigenvalue weighted by molar-refractivity contribution is -0.137. The van der Waals surface area contributed by atoms with Gasteiger partial charge < -0.3 is 15.4 Å². The molecule has 2 rings (SSSR count). The molecule has 4 heteroatoms. The molecular formula is C15H28N2O2. The Balaban J connectivity index is 1.74. The highest BCUT2D eigenvalue weighted by Crippen LogP contribution is 2.42. The fourth-order valence-corrected chi connectivity index (χ4v) is 3.23. The molecule has 1 aliphatic carbocycles. The summed E-state index contributed by atoms with van der Waals surface area (Å²) in [5.74, 6) is 0.723. The molecule has 3 unspecified atom stereocenters. The van der Waals surface area contributed by atoms with E-state index in [1.807, 2.05) is 6.92 Å². The van der Waals surface area contributed by atoms with Crippen molar-refractivity contribution in [2.75, 3.05) is 19.7 Å². The van der Waals surface area contributed by atoms with Crippen molar-refractivity contribution >= 4 is 5.91 Å². The van der Waals surface area contributed by atoms with Gasteiger partial charge in [0.15, 0.2) is 0 Å². The van der Waals surface area contributed by atoms with E-state index in [1.54, 1.807) is 0 Å². The molecule has 1 saturated heterocycles. The normalized spacial score (nSPS) is 33.5. The van der Waals surface area contributed by atoms with E-state index in [4.69, 9.17) is 4.74 Å². The van der Waals surface area contributed by atoms with Crippen LogP contribution in [0.2, 0.25) is 0 Å². The Morgan fingerprint density at radius 3 is 2.84 bits per heavy atom. The van der Waals surface area contributed by atoms with Gasteiger partial charge in [-0.3, -0.25) is 4.79 Å². The third kappa shape index (κ3) is 3.48. The van der Waals surface area contributed by atoms with Crippen molar-refractivity contribution < 1.29 is 9.53 Å². The molecule has 0 aromatic heterocycles. The van der Waals surface area contributed by atoms with Gasteiger partial charge in [0, 0.05) is 24.5 Å². The maximum Gasteiger partial charge on any atom is 0.220 e. The predicted octanol–water partition coefficient (Wildman–Crippen LogP) is 1.70. The number of carbonyl (C=O) groups is 1. The van der Waals surface area contributed by atoms with Crippen molar-refractivity contribution in [3.05, 3.63) is 0 Å². The summed E-state index contributed by atoms with van der Waals surface area (Å²) < 4.78 is 5.69. The molecule has 0 bridgehead atoms. The average molecular weight is 268 g/mol. The van der Waals surface area contributed by atoms with Crippen molar-refractivity contribution in [1.29, 1.82) is 0 Å². The maximum absolute atomic E-state index is 12.1. The van der Waals surface area contributed by atoms with Gasteiger partial charge in [0.05, 0.1) is 6.10 Å². The lowest BCUT2D eigenvalue weighted by Crippen LogP contribution is -2.62. The van der Waals surface area contributed by atoms with Crippen LogP contribution in [0.5, 0.6) is 0 Å². The lowest BCUT2D eigenvalue weighted by atomic mass is 9.64. The Morgan fingerprint density at radius 2 is 2.26 bits per heavy atom. The van der Waals surface area contributed by atoms with Gasteiger partial charge in [0.1, 0.15) is 0 Å². The number of carbonyl (C=O) groups excluding carboxylic acids is 1. The summed E-state index contributed by atoms with van der Waals surface area (Å²) in [5, 5.41) is 6.56. The smallest absolute Gasteiger partial charge is 0.220 e. The van der Waals surface area contributed by atoms with Gasteiger partial charge >= 0.3 is 0 Å². The Bertz CT molecular complexity index is 311. The van der Waals surface area contributed by atoms with Gasteiger partial charge in [-0.1, -0.05) is 13.8 Å². The summed E-state index contributed by atoms with van der Waals surface area (Å²) in [4.78, 5) is 12.1. The van der Waals surface area contributed by atoms with Crippen molar-refractivity contribution in [1.82, 2.24) is 10.6 Å². The molecule has 0 aromatic rings. The largest absolute Gasteiger partial charge is 0.378 e. The minimum absolute atomic E-state index is 0.0660. The summed E-state index contributed by atoms with van der Waals surface area (Å²) in [6, 6.07) is 0.271. The molecule has 4 nitrogen and oxygen atoms in total. The first-order chi connectivity index (χ1) is 9.04. The Labute approximate surface area is 116 Å². The quantitative estimate of drug-likeness (QED) is 0.798. The molecule has 1 heterocycles. The minimum Gasteiger partial charge on any atom is -0.378 e. The molecule has 19 heavy (non-hydrogen) atoms. The van der Waals surface area contributed by atoms with E-state index in [0.29, 0.717) is 18.4 Å². The number of ether oxygens (including phenoxy) is 1. The Morgan fingerprint density at radius 1 is 1.47 bits per heavy atom. The fourth-order valence-electron chi connectivity index (χ4n) is 3.23. The second-order valence-electron chi connectivity index (χ2n) is 6.54. The van der Waals surface area contributed by atoms with E-state index < -0.39 is 0 Å². The number of amides is 1. The van der Waals surface area contributed by atoms with E-state index >= 15 is 0 Å². The highest BCUT2D eigenvalue weighted by Gasteiger charge is 2.49. The predicted molar refractivity (Wildman–Crippen MR) is 76.0 cm³/mol. The standard InChI is InChI=1S/C15H28N2O2/c1-4-19-13-9-12(15(13,2)3)17-14(18)8-11-6-5-7-16-10-11/h11-13,16H,4-10H2,1-3H3,(H,17,18). The van der Waals surface area contributed by atoms with Crippen LogP contribution in [-0.2, 0) is 9.53 Å². The first-order valence-electron chi connectivity index (χ1n) is 7.65. The summed E-state index contributed by atoms with van der Waals surface area (Å²) in [6.07, 6.45) is 4.28. The first-order valence-corrected chi connectivity index (χ1v) is 7.65. The molecule has 2 aliphatic rings. The molecule has 110 valence electrons. The van der Waals surface area contributed by atoms with Crippen LogP contribution in [0.3, 0.4) is 0 Å². The number of hydrogen-bond acceptors (Lipinski definition) is 3. The number of rotatable bonds is 5. The van der Waals surface area contributed by atoms with Gasteiger partial charge in [0.25, 0.3) is 0 Å². The molecule has 1 amide bonds. The highest BCUT2D eigenvalue weighted by molar-refractivity contribution is 5.76. The van der Waals surface area contributed by atoms with Crippen LogP contribution in [0, 0.1) is 11.3 Å². The molecule has 0 aromatic carbocycles. The second-order valence-corrected chi connectivity index (χ2v) is 6.54. The van der Waals surface area contributed by atoms with Crippen molar-refractivity contribution in [3.8, 4) is 0 Å². The van der Waals surface area contributed by atoms with Gasteiger partial charge in [-0.25, -0.2) is 0 Å². The first kappa shape index (κ1) is 14.8. The lowest BCUT2D eigenvalue weighted by Gasteiger charge is -2.51. The van der Waals surface area contributed by atoms with Crippen LogP contribution < -0.4 is 10.6 Å². The van der Waals surface area contributed by atoms with Crippen molar-refractivity contribution in [3.63, 3.8) is 0 Å². The molecule has 0 radical (unpaired) electrons. The van der Waals surface area contributed by atoms with E-state index in [-0.39, 0.29) is 17.4 Å². The third-order valence-electron chi connectivity index (χ3n) is 4.75. The van der Waals surface area contributed by atoms with E-state index in [0.717, 1.165) is 26.1 Å². The summed E-state index contributed by atoms with van der Waals surface area (Å²) >= 11 is 0. The Hall–Kier alpha value is -0.610. The van der Waals surface area contributed by atoms with E-state index in [1.165, 1.54) is 12.8 Å². The number of piperidine rings is 1. The monoisotopic (exact) mass is 268 g/mol. The number of hydrogen-bond donors (Lipinski definition) is 2. The third-order valence-corrected chi connectivity index (χ3v) is 4.75. The van der Waals surface area contributed by atoms with Crippen LogP contribution in [0.1, 0.15) is 46.5 Å². The molecular weight excluding hydrogens is 240 g/mol. The highest BCUT2D eigenvalue weighted by atomic mass is 16.5. The van der Waals surface area contributed by atoms with E-state index in [9.17, 15) is 4.79 Å². The molecule has 2 N–H and O–H groups in total. The summed E-state index contributed by atoms with van der Waals surface area (Å²) in [5.41, 5.74) is 0.0660. The van der Waals surface area contributed by atoms with Crippen LogP contribution in [0.25, 0.3) is 0 Å². The van der Waals surface area contributed by atoms with Crippen molar-refractivity contribution in [2.24, 2.45) is 11.3 Å². The maximum atomic E-state index is 12.1. The zero-order chi connectivity index (χ0) is 13.9.